The number of benzene rings is 1. The molecule has 0 bridgehead atoms. The predicted octanol–water partition coefficient (Wildman–Crippen LogP) is 4.17. The standard InChI is InChI=1S/C13H15BrClFO/c14-11-1-2-12(16)10(7-11)8-13(9-15)3-5-17-6-4-13/h1-2,7H,3-6,8-9H2. The van der Waals surface area contributed by atoms with Crippen molar-refractivity contribution in [3.8, 4) is 0 Å². The summed E-state index contributed by atoms with van der Waals surface area (Å²) in [4.78, 5) is 0. The summed E-state index contributed by atoms with van der Waals surface area (Å²) in [6.07, 6.45) is 2.50. The lowest BCUT2D eigenvalue weighted by atomic mass is 9.77. The van der Waals surface area contributed by atoms with Crippen molar-refractivity contribution >= 4 is 27.5 Å². The quantitative estimate of drug-likeness (QED) is 0.759. The molecule has 4 heteroatoms. The Bertz CT molecular complexity index is 391. The van der Waals surface area contributed by atoms with Crippen molar-refractivity contribution in [3.05, 3.63) is 34.1 Å². The van der Waals surface area contributed by atoms with Gasteiger partial charge in [-0.3, -0.25) is 0 Å². The van der Waals surface area contributed by atoms with Crippen molar-refractivity contribution < 1.29 is 9.13 Å². The van der Waals surface area contributed by atoms with Crippen LogP contribution < -0.4 is 0 Å². The lowest BCUT2D eigenvalue weighted by Gasteiger charge is -2.35. The summed E-state index contributed by atoms with van der Waals surface area (Å²) in [5.41, 5.74) is 0.725. The molecule has 1 saturated heterocycles. The molecule has 1 heterocycles. The van der Waals surface area contributed by atoms with E-state index in [1.165, 1.54) is 6.07 Å². The van der Waals surface area contributed by atoms with E-state index in [0.29, 0.717) is 12.3 Å². The number of alkyl halides is 1. The Morgan fingerprint density at radius 2 is 2.06 bits per heavy atom. The molecular weight excluding hydrogens is 306 g/mol. The van der Waals surface area contributed by atoms with E-state index in [-0.39, 0.29) is 11.2 Å². The molecule has 0 N–H and O–H groups in total. The van der Waals surface area contributed by atoms with Gasteiger partial charge >= 0.3 is 0 Å². The zero-order valence-corrected chi connectivity index (χ0v) is 11.9. The molecule has 17 heavy (non-hydrogen) atoms. The summed E-state index contributed by atoms with van der Waals surface area (Å²) in [5.74, 6) is 0.409. The average Bonchev–Trinajstić information content (AvgIpc) is 2.35. The molecule has 0 saturated carbocycles. The molecule has 0 aliphatic carbocycles. The first-order chi connectivity index (χ1) is 8.15. The van der Waals surface area contributed by atoms with E-state index < -0.39 is 0 Å². The predicted molar refractivity (Wildman–Crippen MR) is 71.0 cm³/mol. The van der Waals surface area contributed by atoms with Crippen LogP contribution in [0.1, 0.15) is 18.4 Å². The molecular formula is C13H15BrClFO. The molecule has 0 radical (unpaired) electrons. The Balaban J connectivity index is 2.20. The maximum Gasteiger partial charge on any atom is 0.126 e. The third-order valence-electron chi connectivity index (χ3n) is 3.41. The Labute approximate surface area is 114 Å². The van der Waals surface area contributed by atoms with Crippen LogP contribution in [0.2, 0.25) is 0 Å². The van der Waals surface area contributed by atoms with Gasteiger partial charge in [0.1, 0.15) is 5.82 Å². The molecule has 2 rings (SSSR count). The van der Waals surface area contributed by atoms with E-state index in [4.69, 9.17) is 16.3 Å². The van der Waals surface area contributed by atoms with Gasteiger partial charge in [-0.15, -0.1) is 11.6 Å². The third-order valence-corrected chi connectivity index (χ3v) is 4.47. The van der Waals surface area contributed by atoms with Crippen LogP contribution in [0, 0.1) is 11.2 Å². The van der Waals surface area contributed by atoms with Crippen molar-refractivity contribution in [1.29, 1.82) is 0 Å². The van der Waals surface area contributed by atoms with Crippen LogP contribution in [0.4, 0.5) is 4.39 Å². The second-order valence-electron chi connectivity index (χ2n) is 4.66. The SMILES string of the molecule is Fc1ccc(Br)cc1CC1(CCl)CCOCC1. The number of halogens is 3. The highest BCUT2D eigenvalue weighted by Gasteiger charge is 2.32. The van der Waals surface area contributed by atoms with Gasteiger partial charge in [-0.2, -0.15) is 0 Å². The van der Waals surface area contributed by atoms with Gasteiger partial charge in [0.15, 0.2) is 0 Å². The van der Waals surface area contributed by atoms with Gasteiger partial charge in [0.05, 0.1) is 0 Å². The van der Waals surface area contributed by atoms with Crippen LogP contribution in [0.5, 0.6) is 0 Å². The Kier molecular flexibility index (Phi) is 4.45. The fraction of sp³-hybridized carbons (Fsp3) is 0.538. The zero-order valence-electron chi connectivity index (χ0n) is 9.52. The lowest BCUT2D eigenvalue weighted by Crippen LogP contribution is -2.33. The van der Waals surface area contributed by atoms with Crippen molar-refractivity contribution in [1.82, 2.24) is 0 Å². The minimum absolute atomic E-state index is 0.0125. The number of rotatable bonds is 3. The zero-order chi connectivity index (χ0) is 12.3. The third kappa shape index (κ3) is 3.21. The van der Waals surface area contributed by atoms with Crippen LogP contribution in [-0.4, -0.2) is 19.1 Å². The van der Waals surface area contributed by atoms with Gasteiger partial charge in [-0.05, 0) is 48.4 Å². The maximum atomic E-state index is 13.7. The van der Waals surface area contributed by atoms with Gasteiger partial charge in [-0.25, -0.2) is 4.39 Å². The van der Waals surface area contributed by atoms with Gasteiger partial charge in [0.2, 0.25) is 0 Å². The first-order valence-corrected chi connectivity index (χ1v) is 7.06. The van der Waals surface area contributed by atoms with E-state index >= 15 is 0 Å². The minimum Gasteiger partial charge on any atom is -0.381 e. The molecule has 0 spiro atoms. The summed E-state index contributed by atoms with van der Waals surface area (Å²) in [6.45, 7) is 1.45. The number of ether oxygens (including phenoxy) is 1. The first kappa shape index (κ1) is 13.3. The largest absolute Gasteiger partial charge is 0.381 e. The van der Waals surface area contributed by atoms with Gasteiger partial charge in [-0.1, -0.05) is 15.9 Å². The highest BCUT2D eigenvalue weighted by atomic mass is 79.9. The van der Waals surface area contributed by atoms with Gasteiger partial charge in [0, 0.05) is 23.6 Å². The van der Waals surface area contributed by atoms with Crippen molar-refractivity contribution in [3.63, 3.8) is 0 Å². The van der Waals surface area contributed by atoms with Crippen molar-refractivity contribution in [2.45, 2.75) is 19.3 Å². The smallest absolute Gasteiger partial charge is 0.126 e. The van der Waals surface area contributed by atoms with E-state index in [0.717, 1.165) is 36.1 Å². The Morgan fingerprint density at radius 1 is 1.35 bits per heavy atom. The van der Waals surface area contributed by atoms with E-state index in [1.54, 1.807) is 6.07 Å². The van der Waals surface area contributed by atoms with Gasteiger partial charge < -0.3 is 4.74 Å². The summed E-state index contributed by atoms with van der Waals surface area (Å²) in [7, 11) is 0. The molecule has 0 amide bonds. The van der Waals surface area contributed by atoms with E-state index in [9.17, 15) is 4.39 Å². The highest BCUT2D eigenvalue weighted by Crippen LogP contribution is 2.36. The Morgan fingerprint density at radius 3 is 2.71 bits per heavy atom. The molecule has 1 aromatic carbocycles. The van der Waals surface area contributed by atoms with Crippen LogP contribution >= 0.6 is 27.5 Å². The van der Waals surface area contributed by atoms with Crippen molar-refractivity contribution in [2.75, 3.05) is 19.1 Å². The number of hydrogen-bond donors (Lipinski definition) is 0. The van der Waals surface area contributed by atoms with Gasteiger partial charge in [0.25, 0.3) is 0 Å². The highest BCUT2D eigenvalue weighted by molar-refractivity contribution is 9.10. The van der Waals surface area contributed by atoms with E-state index in [1.807, 2.05) is 6.07 Å². The molecule has 0 atom stereocenters. The molecule has 1 aliphatic heterocycles. The fourth-order valence-electron chi connectivity index (χ4n) is 2.24. The van der Waals surface area contributed by atoms with E-state index in [2.05, 4.69) is 15.9 Å². The minimum atomic E-state index is -0.149. The van der Waals surface area contributed by atoms with Crippen molar-refractivity contribution in [2.24, 2.45) is 5.41 Å². The lowest BCUT2D eigenvalue weighted by molar-refractivity contribution is 0.0254. The first-order valence-electron chi connectivity index (χ1n) is 5.73. The second kappa shape index (κ2) is 5.68. The summed E-state index contributed by atoms with van der Waals surface area (Å²) < 4.78 is 20.0. The molecule has 0 unspecified atom stereocenters. The average molecular weight is 322 g/mol. The molecule has 0 aromatic heterocycles. The summed E-state index contributed by atoms with van der Waals surface area (Å²) >= 11 is 9.47. The van der Waals surface area contributed by atoms with Crippen LogP contribution in [0.15, 0.2) is 22.7 Å². The van der Waals surface area contributed by atoms with Crippen LogP contribution in [0.25, 0.3) is 0 Å². The molecule has 1 aliphatic rings. The maximum absolute atomic E-state index is 13.7. The second-order valence-corrected chi connectivity index (χ2v) is 5.84. The molecule has 1 nitrogen and oxygen atoms in total. The Hall–Kier alpha value is -0.120. The fourth-order valence-corrected chi connectivity index (χ4v) is 3.02. The topological polar surface area (TPSA) is 9.23 Å². The monoisotopic (exact) mass is 320 g/mol. The molecule has 1 fully saturated rings. The normalized spacial score (nSPS) is 19.2. The van der Waals surface area contributed by atoms with Crippen LogP contribution in [-0.2, 0) is 11.2 Å². The number of hydrogen-bond acceptors (Lipinski definition) is 1. The summed E-state index contributed by atoms with van der Waals surface area (Å²) in [5, 5.41) is 0. The summed E-state index contributed by atoms with van der Waals surface area (Å²) in [6, 6.07) is 5.07. The van der Waals surface area contributed by atoms with Crippen LogP contribution in [0.3, 0.4) is 0 Å². The molecule has 94 valence electrons. The molecule has 1 aromatic rings.